The van der Waals surface area contributed by atoms with E-state index in [1.807, 2.05) is 26.8 Å². The van der Waals surface area contributed by atoms with Gasteiger partial charge in [-0.15, -0.1) is 0 Å². The number of piperidine rings is 1. The van der Waals surface area contributed by atoms with E-state index in [9.17, 15) is 14.7 Å². The lowest BCUT2D eigenvalue weighted by Crippen LogP contribution is -2.41. The predicted molar refractivity (Wildman–Crippen MR) is 104 cm³/mol. The molecule has 0 atom stereocenters. The summed E-state index contributed by atoms with van der Waals surface area (Å²) in [6, 6.07) is 5.42. The van der Waals surface area contributed by atoms with Crippen molar-refractivity contribution in [1.82, 2.24) is 4.90 Å². The number of nitrogens with zero attached hydrogens (tertiary/aromatic N) is 1. The molecule has 150 valence electrons. The lowest BCUT2D eigenvalue weighted by Gasteiger charge is -2.33. The molecule has 0 radical (unpaired) electrons. The molecule has 0 unspecified atom stereocenters. The Hall–Kier alpha value is -2.24. The van der Waals surface area contributed by atoms with Crippen molar-refractivity contribution in [3.63, 3.8) is 0 Å². The molecule has 1 fully saturated rings. The highest BCUT2D eigenvalue weighted by atomic mass is 16.6. The first kappa shape index (κ1) is 21.1. The van der Waals surface area contributed by atoms with Gasteiger partial charge < -0.3 is 19.5 Å². The van der Waals surface area contributed by atoms with Crippen molar-refractivity contribution >= 4 is 12.1 Å². The van der Waals surface area contributed by atoms with Crippen LogP contribution in [-0.4, -0.2) is 47.4 Å². The molecule has 1 aliphatic heterocycles. The average Bonchev–Trinajstić information content (AvgIpc) is 2.60. The first-order valence-electron chi connectivity index (χ1n) is 9.69. The summed E-state index contributed by atoms with van der Waals surface area (Å²) >= 11 is 0. The topological polar surface area (TPSA) is 76.1 Å². The molecule has 0 bridgehead atoms. The summed E-state index contributed by atoms with van der Waals surface area (Å²) in [5.74, 6) is -0.327. The summed E-state index contributed by atoms with van der Waals surface area (Å²) in [6.07, 6.45) is 3.18. The Morgan fingerprint density at radius 1 is 1.22 bits per heavy atom. The zero-order valence-electron chi connectivity index (χ0n) is 16.8. The van der Waals surface area contributed by atoms with E-state index in [4.69, 9.17) is 9.47 Å². The fourth-order valence-electron chi connectivity index (χ4n) is 3.14. The number of unbranched alkanes of at least 4 members (excludes halogenated alkanes) is 1. The van der Waals surface area contributed by atoms with Gasteiger partial charge in [0.15, 0.2) is 0 Å². The van der Waals surface area contributed by atoms with Gasteiger partial charge in [0.05, 0.1) is 6.61 Å². The summed E-state index contributed by atoms with van der Waals surface area (Å²) < 4.78 is 11.0. The number of hydrogen-bond donors (Lipinski definition) is 1. The van der Waals surface area contributed by atoms with Crippen molar-refractivity contribution in [3.8, 4) is 5.75 Å². The number of carboxylic acids is 1. The molecule has 0 spiro atoms. The van der Waals surface area contributed by atoms with Crippen LogP contribution >= 0.6 is 0 Å². The van der Waals surface area contributed by atoms with Crippen LogP contribution in [0.4, 0.5) is 4.79 Å². The second-order valence-electron chi connectivity index (χ2n) is 8.00. The Morgan fingerprint density at radius 2 is 1.89 bits per heavy atom. The maximum absolute atomic E-state index is 12.2. The van der Waals surface area contributed by atoms with Crippen molar-refractivity contribution < 1.29 is 24.2 Å². The second kappa shape index (κ2) is 9.11. The molecule has 6 nitrogen and oxygen atoms in total. The Bertz CT molecular complexity index is 657. The molecular formula is C21H31NO5. The highest BCUT2D eigenvalue weighted by Gasteiger charge is 2.28. The number of ether oxygens (including phenoxy) is 2. The monoisotopic (exact) mass is 377 g/mol. The van der Waals surface area contributed by atoms with Crippen LogP contribution in [0.2, 0.25) is 0 Å². The number of amides is 1. The number of benzene rings is 1. The van der Waals surface area contributed by atoms with Gasteiger partial charge in [-0.2, -0.15) is 0 Å². The number of carbonyl (C=O) groups excluding carboxylic acids is 1. The Kier molecular flexibility index (Phi) is 7.11. The molecule has 1 saturated heterocycles. The van der Waals surface area contributed by atoms with Crippen molar-refractivity contribution in [1.29, 1.82) is 0 Å². The Balaban J connectivity index is 2.02. The number of carboxylic acid groups (broad SMARTS) is 1. The van der Waals surface area contributed by atoms with Gasteiger partial charge in [0, 0.05) is 13.1 Å². The normalized spacial score (nSPS) is 15.5. The van der Waals surface area contributed by atoms with E-state index in [-0.39, 0.29) is 17.6 Å². The first-order valence-corrected chi connectivity index (χ1v) is 9.69. The lowest BCUT2D eigenvalue weighted by atomic mass is 9.88. The summed E-state index contributed by atoms with van der Waals surface area (Å²) in [6.45, 7) is 9.37. The van der Waals surface area contributed by atoms with E-state index in [1.165, 1.54) is 0 Å². The summed E-state index contributed by atoms with van der Waals surface area (Å²) in [7, 11) is 0. The minimum atomic E-state index is -0.977. The molecule has 1 amide bonds. The molecule has 0 aromatic heterocycles. The van der Waals surface area contributed by atoms with Crippen LogP contribution in [0.5, 0.6) is 5.75 Å². The van der Waals surface area contributed by atoms with Crippen LogP contribution < -0.4 is 4.74 Å². The number of rotatable bonds is 6. The number of likely N-dealkylation sites (tertiary alicyclic amines) is 1. The molecule has 2 rings (SSSR count). The molecule has 1 heterocycles. The molecular weight excluding hydrogens is 346 g/mol. The molecule has 1 aromatic rings. The number of aromatic carboxylic acids is 1. The van der Waals surface area contributed by atoms with Crippen molar-refractivity contribution in [2.24, 2.45) is 0 Å². The minimum Gasteiger partial charge on any atom is -0.493 e. The molecule has 1 aliphatic rings. The maximum Gasteiger partial charge on any atom is 0.410 e. The van der Waals surface area contributed by atoms with Gasteiger partial charge in [0.2, 0.25) is 0 Å². The smallest absolute Gasteiger partial charge is 0.410 e. The van der Waals surface area contributed by atoms with Crippen LogP contribution in [0.15, 0.2) is 18.2 Å². The van der Waals surface area contributed by atoms with Crippen molar-refractivity contribution in [3.05, 3.63) is 29.3 Å². The van der Waals surface area contributed by atoms with Crippen LogP contribution in [0.1, 0.15) is 75.2 Å². The van der Waals surface area contributed by atoms with Crippen LogP contribution in [0, 0.1) is 0 Å². The third kappa shape index (κ3) is 6.15. The SMILES string of the molecule is CCCCOc1ccc(C2CCN(C(=O)OC(C)(C)C)CC2)cc1C(=O)O. The van der Waals surface area contributed by atoms with Crippen LogP contribution in [0.3, 0.4) is 0 Å². The van der Waals surface area contributed by atoms with Gasteiger partial charge in [0.1, 0.15) is 16.9 Å². The standard InChI is InChI=1S/C21H31NO5/c1-5-6-13-26-18-8-7-16(14-17(18)19(23)24)15-9-11-22(12-10-15)20(25)27-21(2,3)4/h7-8,14-15H,5-6,9-13H2,1-4H3,(H,23,24). The third-order valence-corrected chi connectivity index (χ3v) is 4.61. The maximum atomic E-state index is 12.2. The lowest BCUT2D eigenvalue weighted by molar-refractivity contribution is 0.0204. The fraction of sp³-hybridized carbons (Fsp3) is 0.619. The first-order chi connectivity index (χ1) is 12.7. The van der Waals surface area contributed by atoms with E-state index in [2.05, 4.69) is 6.92 Å². The van der Waals surface area contributed by atoms with Crippen LogP contribution in [0.25, 0.3) is 0 Å². The second-order valence-corrected chi connectivity index (χ2v) is 8.00. The average molecular weight is 377 g/mol. The van der Waals surface area contributed by atoms with E-state index >= 15 is 0 Å². The van der Waals surface area contributed by atoms with Gasteiger partial charge in [-0.1, -0.05) is 19.4 Å². The molecule has 1 aromatic carbocycles. The largest absolute Gasteiger partial charge is 0.493 e. The molecule has 27 heavy (non-hydrogen) atoms. The quantitative estimate of drug-likeness (QED) is 0.729. The van der Waals surface area contributed by atoms with Gasteiger partial charge in [-0.3, -0.25) is 0 Å². The van der Waals surface area contributed by atoms with Gasteiger partial charge >= 0.3 is 12.1 Å². The molecule has 0 saturated carbocycles. The van der Waals surface area contributed by atoms with E-state index in [0.29, 0.717) is 25.4 Å². The zero-order valence-corrected chi connectivity index (χ0v) is 16.8. The summed E-state index contributed by atoms with van der Waals surface area (Å²) in [5.41, 5.74) is 0.690. The molecule has 0 aliphatic carbocycles. The Morgan fingerprint density at radius 3 is 2.44 bits per heavy atom. The number of carbonyl (C=O) groups is 2. The molecule has 6 heteroatoms. The van der Waals surface area contributed by atoms with Gasteiger partial charge in [0.25, 0.3) is 0 Å². The third-order valence-electron chi connectivity index (χ3n) is 4.61. The summed E-state index contributed by atoms with van der Waals surface area (Å²) in [4.78, 5) is 25.5. The van der Waals surface area contributed by atoms with Gasteiger partial charge in [-0.05, 0) is 63.6 Å². The Labute approximate surface area is 161 Å². The number of hydrogen-bond acceptors (Lipinski definition) is 4. The highest BCUT2D eigenvalue weighted by molar-refractivity contribution is 5.91. The highest BCUT2D eigenvalue weighted by Crippen LogP contribution is 2.32. The van der Waals surface area contributed by atoms with Crippen molar-refractivity contribution in [2.45, 2.75) is 64.9 Å². The van der Waals surface area contributed by atoms with Crippen molar-refractivity contribution in [2.75, 3.05) is 19.7 Å². The summed E-state index contributed by atoms with van der Waals surface area (Å²) in [5, 5.41) is 9.52. The van der Waals surface area contributed by atoms with Gasteiger partial charge in [-0.25, -0.2) is 9.59 Å². The molecule has 1 N–H and O–H groups in total. The fourth-order valence-corrected chi connectivity index (χ4v) is 3.14. The van der Waals surface area contributed by atoms with E-state index < -0.39 is 11.6 Å². The van der Waals surface area contributed by atoms with E-state index in [0.717, 1.165) is 31.2 Å². The minimum absolute atomic E-state index is 0.207. The van der Waals surface area contributed by atoms with E-state index in [1.54, 1.807) is 17.0 Å². The predicted octanol–water partition coefficient (Wildman–Crippen LogP) is 4.68. The van der Waals surface area contributed by atoms with Crippen LogP contribution in [-0.2, 0) is 4.74 Å². The zero-order chi connectivity index (χ0) is 20.0.